The summed E-state index contributed by atoms with van der Waals surface area (Å²) in [6, 6.07) is 11.7. The number of fused-ring (bicyclic) bond motifs is 1. The molecule has 3 heteroatoms. The van der Waals surface area contributed by atoms with Crippen LogP contribution in [0, 0.1) is 0 Å². The highest BCUT2D eigenvalue weighted by molar-refractivity contribution is 5.94. The fourth-order valence-electron chi connectivity index (χ4n) is 2.15. The van der Waals surface area contributed by atoms with Gasteiger partial charge in [-0.05, 0) is 23.9 Å². The van der Waals surface area contributed by atoms with E-state index in [0.717, 1.165) is 22.1 Å². The van der Waals surface area contributed by atoms with Crippen molar-refractivity contribution in [2.24, 2.45) is 0 Å². The van der Waals surface area contributed by atoms with Crippen molar-refractivity contribution in [1.82, 2.24) is 0 Å². The number of hydrogen-bond acceptors (Lipinski definition) is 3. The lowest BCUT2D eigenvalue weighted by Gasteiger charge is -2.14. The van der Waals surface area contributed by atoms with Crippen LogP contribution in [0.2, 0.25) is 0 Å². The third-order valence-corrected chi connectivity index (χ3v) is 3.16. The second-order valence-corrected chi connectivity index (χ2v) is 4.15. The van der Waals surface area contributed by atoms with Gasteiger partial charge in [0.1, 0.15) is 5.75 Å². The summed E-state index contributed by atoms with van der Waals surface area (Å²) in [5.41, 5.74) is 0.957. The Bertz CT molecular complexity index is 575. The molecule has 1 atom stereocenters. The van der Waals surface area contributed by atoms with Gasteiger partial charge in [0.05, 0.1) is 20.1 Å². The lowest BCUT2D eigenvalue weighted by molar-refractivity contribution is -0.141. The van der Waals surface area contributed by atoms with Crippen LogP contribution < -0.4 is 4.74 Å². The second-order valence-electron chi connectivity index (χ2n) is 4.15. The van der Waals surface area contributed by atoms with E-state index in [9.17, 15) is 4.79 Å². The quantitative estimate of drug-likeness (QED) is 0.778. The molecule has 0 spiro atoms. The molecular formula is C15H16O3. The maximum atomic E-state index is 11.7. The zero-order valence-corrected chi connectivity index (χ0v) is 10.8. The fraction of sp³-hybridized carbons (Fsp3) is 0.267. The van der Waals surface area contributed by atoms with Crippen molar-refractivity contribution in [3.05, 3.63) is 42.0 Å². The molecule has 0 unspecified atom stereocenters. The maximum absolute atomic E-state index is 11.7. The van der Waals surface area contributed by atoms with Crippen LogP contribution in [0.25, 0.3) is 10.8 Å². The van der Waals surface area contributed by atoms with Crippen LogP contribution in [0.4, 0.5) is 0 Å². The predicted octanol–water partition coefficient (Wildman–Crippen LogP) is 3.12. The minimum atomic E-state index is -0.286. The Morgan fingerprint density at radius 2 is 1.72 bits per heavy atom. The van der Waals surface area contributed by atoms with Crippen molar-refractivity contribution < 1.29 is 14.3 Å². The smallest absolute Gasteiger partial charge is 0.312 e. The van der Waals surface area contributed by atoms with Crippen LogP contribution in [0.3, 0.4) is 0 Å². The number of carbonyl (C=O) groups is 1. The maximum Gasteiger partial charge on any atom is 0.312 e. The van der Waals surface area contributed by atoms with Gasteiger partial charge in [-0.25, -0.2) is 0 Å². The first-order chi connectivity index (χ1) is 8.69. The number of rotatable bonds is 3. The molecule has 94 valence electrons. The van der Waals surface area contributed by atoms with Gasteiger partial charge in [-0.1, -0.05) is 30.3 Å². The molecule has 0 fully saturated rings. The van der Waals surface area contributed by atoms with Crippen LogP contribution in [-0.2, 0) is 9.53 Å². The highest BCUT2D eigenvalue weighted by Crippen LogP contribution is 2.32. The molecular weight excluding hydrogens is 228 g/mol. The molecule has 0 saturated carbocycles. The van der Waals surface area contributed by atoms with Crippen molar-refractivity contribution in [2.75, 3.05) is 14.2 Å². The molecule has 0 aromatic heterocycles. The Morgan fingerprint density at radius 3 is 2.33 bits per heavy atom. The normalized spacial score (nSPS) is 12.2. The summed E-state index contributed by atoms with van der Waals surface area (Å²) in [7, 11) is 3.05. The minimum absolute atomic E-state index is 0.231. The van der Waals surface area contributed by atoms with E-state index in [1.165, 1.54) is 7.11 Å². The molecule has 2 rings (SSSR count). The number of hydrogen-bond donors (Lipinski definition) is 0. The SMILES string of the molecule is COC(=O)[C@@H](C)c1ccc(OC)c2ccccc12. The molecule has 0 aliphatic heterocycles. The van der Waals surface area contributed by atoms with E-state index in [1.54, 1.807) is 7.11 Å². The van der Waals surface area contributed by atoms with Crippen molar-refractivity contribution in [1.29, 1.82) is 0 Å². The van der Waals surface area contributed by atoms with Gasteiger partial charge < -0.3 is 9.47 Å². The summed E-state index contributed by atoms with van der Waals surface area (Å²) in [6.45, 7) is 1.85. The van der Waals surface area contributed by atoms with Gasteiger partial charge in [0.15, 0.2) is 0 Å². The molecule has 0 heterocycles. The molecule has 0 radical (unpaired) electrons. The van der Waals surface area contributed by atoms with E-state index in [2.05, 4.69) is 0 Å². The molecule has 0 aliphatic rings. The molecule has 2 aromatic carbocycles. The van der Waals surface area contributed by atoms with Gasteiger partial charge in [-0.3, -0.25) is 4.79 Å². The molecule has 3 nitrogen and oxygen atoms in total. The number of carbonyl (C=O) groups excluding carboxylic acids is 1. The summed E-state index contributed by atoms with van der Waals surface area (Å²) in [5.74, 6) is 0.294. The molecule has 0 aliphatic carbocycles. The van der Waals surface area contributed by atoms with Gasteiger partial charge in [0, 0.05) is 5.39 Å². The van der Waals surface area contributed by atoms with Crippen molar-refractivity contribution in [3.8, 4) is 5.75 Å². The second kappa shape index (κ2) is 5.08. The minimum Gasteiger partial charge on any atom is -0.496 e. The molecule has 2 aromatic rings. The Balaban J connectivity index is 2.63. The highest BCUT2D eigenvalue weighted by Gasteiger charge is 2.18. The molecule has 0 N–H and O–H groups in total. The molecule has 0 amide bonds. The Labute approximate surface area is 106 Å². The van der Waals surface area contributed by atoms with E-state index in [1.807, 2.05) is 43.3 Å². The Morgan fingerprint density at radius 1 is 1.06 bits per heavy atom. The Hall–Kier alpha value is -2.03. The summed E-state index contributed by atoms with van der Waals surface area (Å²) in [6.07, 6.45) is 0. The summed E-state index contributed by atoms with van der Waals surface area (Å²) in [5, 5.41) is 2.03. The van der Waals surface area contributed by atoms with Crippen LogP contribution >= 0.6 is 0 Å². The molecule has 0 saturated heterocycles. The van der Waals surface area contributed by atoms with Gasteiger partial charge >= 0.3 is 5.97 Å². The van der Waals surface area contributed by atoms with Crippen LogP contribution in [0.15, 0.2) is 36.4 Å². The largest absolute Gasteiger partial charge is 0.496 e. The Kier molecular flexibility index (Phi) is 3.51. The van der Waals surface area contributed by atoms with Gasteiger partial charge in [0.2, 0.25) is 0 Å². The average molecular weight is 244 g/mol. The van der Waals surface area contributed by atoms with Crippen molar-refractivity contribution in [3.63, 3.8) is 0 Å². The lowest BCUT2D eigenvalue weighted by atomic mass is 9.94. The van der Waals surface area contributed by atoms with E-state index in [0.29, 0.717) is 0 Å². The van der Waals surface area contributed by atoms with E-state index < -0.39 is 0 Å². The summed E-state index contributed by atoms with van der Waals surface area (Å²) < 4.78 is 10.1. The van der Waals surface area contributed by atoms with E-state index in [4.69, 9.17) is 9.47 Å². The number of ether oxygens (including phenoxy) is 2. The van der Waals surface area contributed by atoms with Crippen LogP contribution in [0.5, 0.6) is 5.75 Å². The highest BCUT2D eigenvalue weighted by atomic mass is 16.5. The fourth-order valence-corrected chi connectivity index (χ4v) is 2.15. The zero-order chi connectivity index (χ0) is 13.1. The van der Waals surface area contributed by atoms with E-state index >= 15 is 0 Å². The number of methoxy groups -OCH3 is 2. The lowest BCUT2D eigenvalue weighted by Crippen LogP contribution is -2.11. The van der Waals surface area contributed by atoms with Crippen LogP contribution in [0.1, 0.15) is 18.4 Å². The third kappa shape index (κ3) is 2.04. The first-order valence-corrected chi connectivity index (χ1v) is 5.82. The van der Waals surface area contributed by atoms with Crippen LogP contribution in [-0.4, -0.2) is 20.2 Å². The summed E-state index contributed by atoms with van der Waals surface area (Å²) >= 11 is 0. The first-order valence-electron chi connectivity index (χ1n) is 5.82. The number of benzene rings is 2. The molecule has 18 heavy (non-hydrogen) atoms. The van der Waals surface area contributed by atoms with Gasteiger partial charge in [-0.2, -0.15) is 0 Å². The van der Waals surface area contributed by atoms with Crippen molar-refractivity contribution >= 4 is 16.7 Å². The third-order valence-electron chi connectivity index (χ3n) is 3.16. The van der Waals surface area contributed by atoms with Gasteiger partial charge in [-0.15, -0.1) is 0 Å². The first kappa shape index (κ1) is 12.4. The predicted molar refractivity (Wildman–Crippen MR) is 70.9 cm³/mol. The average Bonchev–Trinajstić information content (AvgIpc) is 2.44. The number of esters is 1. The zero-order valence-electron chi connectivity index (χ0n) is 10.8. The summed E-state index contributed by atoms with van der Waals surface area (Å²) in [4.78, 5) is 11.7. The van der Waals surface area contributed by atoms with E-state index in [-0.39, 0.29) is 11.9 Å². The van der Waals surface area contributed by atoms with Gasteiger partial charge in [0.25, 0.3) is 0 Å². The topological polar surface area (TPSA) is 35.5 Å². The van der Waals surface area contributed by atoms with Crippen molar-refractivity contribution in [2.45, 2.75) is 12.8 Å². The standard InChI is InChI=1S/C15H16O3/c1-10(15(16)18-3)11-8-9-14(17-2)13-7-5-4-6-12(11)13/h4-10H,1-3H3/t10-/m0/s1. The monoisotopic (exact) mass is 244 g/mol. The molecule has 0 bridgehead atoms.